The molecule has 1 saturated heterocycles. The van der Waals surface area contributed by atoms with E-state index in [9.17, 15) is 0 Å². The third-order valence-electron chi connectivity index (χ3n) is 4.60. The number of hydrogen-bond acceptors (Lipinski definition) is 4. The van der Waals surface area contributed by atoms with Crippen molar-refractivity contribution in [2.75, 3.05) is 27.2 Å². The highest BCUT2D eigenvalue weighted by Crippen LogP contribution is 2.28. The van der Waals surface area contributed by atoms with Crippen LogP contribution in [-0.4, -0.2) is 53.0 Å². The van der Waals surface area contributed by atoms with Crippen LogP contribution in [0.4, 0.5) is 0 Å². The Morgan fingerprint density at radius 1 is 1.00 bits per heavy atom. The van der Waals surface area contributed by atoms with Gasteiger partial charge in [0.25, 0.3) is 0 Å². The minimum Gasteiger partial charge on any atom is -0.480 e. The first-order chi connectivity index (χ1) is 13.0. The summed E-state index contributed by atoms with van der Waals surface area (Å²) >= 11 is 0. The number of methoxy groups -OCH3 is 1. The average molecular weight is 399 g/mol. The molecule has 0 spiro atoms. The Morgan fingerprint density at radius 3 is 1.71 bits per heavy atom. The number of ether oxygens (including phenoxy) is 1. The zero-order valence-corrected chi connectivity index (χ0v) is 21.2. The molecule has 2 rings (SSSR count). The Balaban J connectivity index is 0. The molecule has 0 radical (unpaired) electrons. The molecule has 0 aliphatic carbocycles. The maximum atomic E-state index is 5.25. The molecule has 0 saturated carbocycles. The highest BCUT2D eigenvalue weighted by atomic mass is 16.5. The first kappa shape index (κ1) is 29.1. The Labute approximate surface area is 176 Å². The fraction of sp³-hybridized carbons (Fsp3) is 0.870. The lowest BCUT2D eigenvalue weighted by atomic mass is 9.98. The van der Waals surface area contributed by atoms with Gasteiger partial charge in [-0.1, -0.05) is 27.7 Å². The van der Waals surface area contributed by atoms with Gasteiger partial charge in [-0.25, -0.2) is 0 Å². The maximum Gasteiger partial charge on any atom is 0.235 e. The predicted octanol–water partition coefficient (Wildman–Crippen LogP) is 5.69. The van der Waals surface area contributed by atoms with Crippen molar-refractivity contribution >= 4 is 0 Å². The summed E-state index contributed by atoms with van der Waals surface area (Å²) in [6, 6.07) is 0.520. The van der Waals surface area contributed by atoms with Gasteiger partial charge in [0.1, 0.15) is 0 Å². The summed E-state index contributed by atoms with van der Waals surface area (Å²) in [5.41, 5.74) is 1.69. The normalized spacial score (nSPS) is 15.3. The van der Waals surface area contributed by atoms with Crippen LogP contribution < -0.4 is 10.1 Å². The van der Waals surface area contributed by atoms with E-state index in [0.717, 1.165) is 24.5 Å². The number of aryl methyl sites for hydroxylation is 1. The van der Waals surface area contributed by atoms with Crippen molar-refractivity contribution in [3.05, 3.63) is 11.8 Å². The van der Waals surface area contributed by atoms with Crippen molar-refractivity contribution in [1.82, 2.24) is 20.0 Å². The second kappa shape index (κ2) is 14.0. The predicted molar refractivity (Wildman–Crippen MR) is 125 cm³/mol. The van der Waals surface area contributed by atoms with Gasteiger partial charge in [0.05, 0.1) is 13.2 Å². The highest BCUT2D eigenvalue weighted by Gasteiger charge is 2.28. The summed E-state index contributed by atoms with van der Waals surface area (Å²) in [6.07, 6.45) is 4.44. The van der Waals surface area contributed by atoms with E-state index in [2.05, 4.69) is 67.7 Å². The number of hydrogen-bond donors (Lipinski definition) is 1. The van der Waals surface area contributed by atoms with Crippen molar-refractivity contribution in [2.45, 2.75) is 106 Å². The SMILES string of the molecule is CC.CC.CNC(C)(C)C.COc1nn(C2CCN(C(C)(C)C)CC2)cc1C. The number of likely N-dealkylation sites (tertiary alicyclic amines) is 1. The molecule has 0 bridgehead atoms. The van der Waals surface area contributed by atoms with Gasteiger partial charge in [0.15, 0.2) is 0 Å². The molecule has 5 nitrogen and oxygen atoms in total. The maximum absolute atomic E-state index is 5.25. The van der Waals surface area contributed by atoms with Gasteiger partial charge in [0, 0.05) is 35.9 Å². The molecule has 5 heteroatoms. The van der Waals surface area contributed by atoms with Crippen molar-refractivity contribution in [3.8, 4) is 5.88 Å². The van der Waals surface area contributed by atoms with E-state index in [4.69, 9.17) is 4.74 Å². The zero-order valence-electron chi connectivity index (χ0n) is 21.2. The number of nitrogens with one attached hydrogen (secondary N) is 1. The molecule has 1 aliphatic rings. The van der Waals surface area contributed by atoms with E-state index < -0.39 is 0 Å². The first-order valence-corrected chi connectivity index (χ1v) is 11.0. The van der Waals surface area contributed by atoms with Gasteiger partial charge in [-0.3, -0.25) is 9.58 Å². The highest BCUT2D eigenvalue weighted by molar-refractivity contribution is 5.21. The third-order valence-corrected chi connectivity index (χ3v) is 4.60. The Morgan fingerprint density at radius 2 is 1.43 bits per heavy atom. The number of nitrogens with zero attached hydrogens (tertiary/aromatic N) is 3. The lowest BCUT2D eigenvalue weighted by molar-refractivity contribution is 0.0867. The van der Waals surface area contributed by atoms with E-state index in [1.165, 1.54) is 12.8 Å². The van der Waals surface area contributed by atoms with Crippen LogP contribution in [0, 0.1) is 6.92 Å². The number of aromatic nitrogens is 2. The molecular formula is C23H50N4O. The molecule has 28 heavy (non-hydrogen) atoms. The van der Waals surface area contributed by atoms with E-state index in [1.54, 1.807) is 7.11 Å². The number of piperidine rings is 1. The second-order valence-electron chi connectivity index (χ2n) is 8.69. The summed E-state index contributed by atoms with van der Waals surface area (Å²) in [6.45, 7) is 25.6. The standard InChI is InChI=1S/C14H25N3O.C5H13N.2C2H6/c1-11-10-17(15-13(11)18-5)12-6-8-16(9-7-12)14(2,3)4;1-5(2,3)6-4;2*1-2/h10,12H,6-9H2,1-5H3;6H,1-4H3;2*1-2H3. The Bertz CT molecular complexity index is 490. The topological polar surface area (TPSA) is 42.3 Å². The van der Waals surface area contributed by atoms with Crippen molar-refractivity contribution in [1.29, 1.82) is 0 Å². The quantitative estimate of drug-likeness (QED) is 0.694. The van der Waals surface area contributed by atoms with Crippen molar-refractivity contribution in [3.63, 3.8) is 0 Å². The smallest absolute Gasteiger partial charge is 0.235 e. The van der Waals surface area contributed by atoms with Gasteiger partial charge in [-0.05, 0) is 68.4 Å². The zero-order chi connectivity index (χ0) is 22.5. The molecule has 2 heterocycles. The average Bonchev–Trinajstić information content (AvgIpc) is 3.05. The van der Waals surface area contributed by atoms with Gasteiger partial charge in [-0.15, -0.1) is 5.10 Å². The number of rotatable bonds is 2. The molecule has 1 N–H and O–H groups in total. The largest absolute Gasteiger partial charge is 0.480 e. The van der Waals surface area contributed by atoms with Gasteiger partial charge in [0.2, 0.25) is 5.88 Å². The summed E-state index contributed by atoms with van der Waals surface area (Å²) in [5, 5.41) is 7.62. The lowest BCUT2D eigenvalue weighted by Gasteiger charge is -2.40. The van der Waals surface area contributed by atoms with Crippen LogP contribution in [0.15, 0.2) is 6.20 Å². The molecule has 1 aliphatic heterocycles. The van der Waals surface area contributed by atoms with Gasteiger partial charge >= 0.3 is 0 Å². The van der Waals surface area contributed by atoms with E-state index in [1.807, 2.05) is 41.7 Å². The molecular weight excluding hydrogens is 348 g/mol. The molecule has 1 fully saturated rings. The van der Waals surface area contributed by atoms with Crippen LogP contribution in [0.5, 0.6) is 5.88 Å². The molecule has 1 aromatic heterocycles. The Hall–Kier alpha value is -1.07. The second-order valence-corrected chi connectivity index (χ2v) is 8.69. The van der Waals surface area contributed by atoms with Gasteiger partial charge < -0.3 is 10.1 Å². The van der Waals surface area contributed by atoms with Crippen molar-refractivity contribution < 1.29 is 4.74 Å². The Kier molecular flexibility index (Phi) is 14.6. The van der Waals surface area contributed by atoms with E-state index in [0.29, 0.717) is 11.6 Å². The third kappa shape index (κ3) is 11.1. The van der Waals surface area contributed by atoms with E-state index in [-0.39, 0.29) is 5.54 Å². The summed E-state index contributed by atoms with van der Waals surface area (Å²) in [4.78, 5) is 2.55. The molecule has 0 amide bonds. The molecule has 0 unspecified atom stereocenters. The minimum atomic E-state index is 0.280. The van der Waals surface area contributed by atoms with Crippen LogP contribution in [0.2, 0.25) is 0 Å². The van der Waals surface area contributed by atoms with Crippen LogP contribution in [0.3, 0.4) is 0 Å². The van der Waals surface area contributed by atoms with Crippen LogP contribution in [0.25, 0.3) is 0 Å². The van der Waals surface area contributed by atoms with Crippen molar-refractivity contribution in [2.24, 2.45) is 0 Å². The lowest BCUT2D eigenvalue weighted by Crippen LogP contribution is -2.46. The molecule has 0 aromatic carbocycles. The molecule has 168 valence electrons. The molecule has 1 aromatic rings. The van der Waals surface area contributed by atoms with Gasteiger partial charge in [-0.2, -0.15) is 0 Å². The summed E-state index contributed by atoms with van der Waals surface area (Å²) in [5.74, 6) is 0.758. The monoisotopic (exact) mass is 398 g/mol. The fourth-order valence-electron chi connectivity index (χ4n) is 2.66. The van der Waals surface area contributed by atoms with Crippen LogP contribution in [-0.2, 0) is 0 Å². The van der Waals surface area contributed by atoms with Crippen LogP contribution >= 0.6 is 0 Å². The summed E-state index contributed by atoms with van der Waals surface area (Å²) in [7, 11) is 3.64. The first-order valence-electron chi connectivity index (χ1n) is 11.0. The molecule has 0 atom stereocenters. The summed E-state index contributed by atoms with van der Waals surface area (Å²) < 4.78 is 7.34. The fourth-order valence-corrected chi connectivity index (χ4v) is 2.66. The van der Waals surface area contributed by atoms with E-state index >= 15 is 0 Å². The van der Waals surface area contributed by atoms with Crippen LogP contribution in [0.1, 0.15) is 93.7 Å². The minimum absolute atomic E-state index is 0.280.